The standard InChI is InChI=1S/C21H28N4O2/c1-26-15-17-7-5-6-10-19(17)25-21(22)24-14-16-11-12-23-20(13-16)27-18-8-3-2-4-9-18/h5-7,10-13,18H,2-4,8-9,14-15H2,1H3,(H3,22,24,25). The Morgan fingerprint density at radius 1 is 1.22 bits per heavy atom. The highest BCUT2D eigenvalue weighted by atomic mass is 16.5. The number of hydrogen-bond acceptors (Lipinski definition) is 4. The van der Waals surface area contributed by atoms with Crippen molar-refractivity contribution in [3.8, 4) is 5.88 Å². The summed E-state index contributed by atoms with van der Waals surface area (Å²) in [6.45, 7) is 0.984. The van der Waals surface area contributed by atoms with E-state index in [4.69, 9.17) is 15.2 Å². The number of ether oxygens (including phenoxy) is 2. The second kappa shape index (κ2) is 9.92. The molecule has 1 aromatic carbocycles. The van der Waals surface area contributed by atoms with Gasteiger partial charge in [0.1, 0.15) is 6.10 Å². The third-order valence-electron chi connectivity index (χ3n) is 4.65. The number of para-hydroxylation sites is 1. The highest BCUT2D eigenvalue weighted by Gasteiger charge is 2.15. The van der Waals surface area contributed by atoms with Crippen molar-refractivity contribution in [1.29, 1.82) is 0 Å². The quantitative estimate of drug-likeness (QED) is 0.573. The Balaban J connectivity index is 1.59. The first kappa shape index (κ1) is 19.2. The minimum absolute atomic E-state index is 0.286. The van der Waals surface area contributed by atoms with Crippen molar-refractivity contribution in [2.45, 2.75) is 51.4 Å². The van der Waals surface area contributed by atoms with Crippen LogP contribution in [0.3, 0.4) is 0 Å². The maximum absolute atomic E-state index is 6.06. The molecule has 0 atom stereocenters. The number of nitrogens with two attached hydrogens (primary N) is 1. The predicted octanol–water partition coefficient (Wildman–Crippen LogP) is 3.87. The first-order valence-corrected chi connectivity index (χ1v) is 9.50. The fourth-order valence-electron chi connectivity index (χ4n) is 3.24. The molecule has 1 saturated carbocycles. The number of anilines is 1. The molecular formula is C21H28N4O2. The van der Waals surface area contributed by atoms with Gasteiger partial charge in [-0.05, 0) is 43.4 Å². The van der Waals surface area contributed by atoms with Gasteiger partial charge in [0.15, 0.2) is 5.96 Å². The van der Waals surface area contributed by atoms with Crippen LogP contribution in [0.15, 0.2) is 47.6 Å². The molecule has 1 aliphatic carbocycles. The lowest BCUT2D eigenvalue weighted by Gasteiger charge is -2.22. The van der Waals surface area contributed by atoms with Crippen LogP contribution in [0.2, 0.25) is 0 Å². The molecule has 6 nitrogen and oxygen atoms in total. The van der Waals surface area contributed by atoms with E-state index in [1.807, 2.05) is 36.4 Å². The van der Waals surface area contributed by atoms with Gasteiger partial charge in [-0.1, -0.05) is 24.6 Å². The number of nitrogens with one attached hydrogen (secondary N) is 1. The van der Waals surface area contributed by atoms with E-state index >= 15 is 0 Å². The average molecular weight is 368 g/mol. The summed E-state index contributed by atoms with van der Waals surface area (Å²) < 4.78 is 11.2. The van der Waals surface area contributed by atoms with E-state index in [2.05, 4.69) is 15.3 Å². The van der Waals surface area contributed by atoms with Crippen molar-refractivity contribution in [3.05, 3.63) is 53.7 Å². The molecule has 0 amide bonds. The van der Waals surface area contributed by atoms with E-state index in [0.717, 1.165) is 29.7 Å². The van der Waals surface area contributed by atoms with Gasteiger partial charge in [-0.25, -0.2) is 9.98 Å². The number of rotatable bonds is 7. The van der Waals surface area contributed by atoms with Crippen LogP contribution >= 0.6 is 0 Å². The molecule has 0 radical (unpaired) electrons. The number of benzene rings is 1. The SMILES string of the molecule is COCc1ccccc1NC(N)=NCc1ccnc(OC2CCCCC2)c1. The van der Waals surface area contributed by atoms with E-state index in [1.54, 1.807) is 13.3 Å². The van der Waals surface area contributed by atoms with Gasteiger partial charge < -0.3 is 20.5 Å². The Bertz CT molecular complexity index is 757. The summed E-state index contributed by atoms with van der Waals surface area (Å²) >= 11 is 0. The van der Waals surface area contributed by atoms with Gasteiger partial charge in [-0.2, -0.15) is 0 Å². The summed E-state index contributed by atoms with van der Waals surface area (Å²) in [5.74, 6) is 1.04. The van der Waals surface area contributed by atoms with Crippen LogP contribution < -0.4 is 15.8 Å². The largest absolute Gasteiger partial charge is 0.474 e. The fourth-order valence-corrected chi connectivity index (χ4v) is 3.24. The van der Waals surface area contributed by atoms with Crippen LogP contribution in [0.1, 0.15) is 43.2 Å². The summed E-state index contributed by atoms with van der Waals surface area (Å²) in [7, 11) is 1.67. The summed E-state index contributed by atoms with van der Waals surface area (Å²) in [6.07, 6.45) is 8.06. The lowest BCUT2D eigenvalue weighted by molar-refractivity contribution is 0.148. The van der Waals surface area contributed by atoms with Gasteiger partial charge in [0.05, 0.1) is 13.2 Å². The van der Waals surface area contributed by atoms with Gasteiger partial charge in [0.2, 0.25) is 5.88 Å². The molecule has 0 saturated heterocycles. The van der Waals surface area contributed by atoms with E-state index in [0.29, 0.717) is 25.0 Å². The van der Waals surface area contributed by atoms with Crippen LogP contribution in [0, 0.1) is 0 Å². The minimum Gasteiger partial charge on any atom is -0.474 e. The normalized spacial score (nSPS) is 15.5. The number of aromatic nitrogens is 1. The summed E-state index contributed by atoms with van der Waals surface area (Å²) in [5.41, 5.74) is 9.01. The molecule has 0 unspecified atom stereocenters. The van der Waals surface area contributed by atoms with Gasteiger partial charge in [0.25, 0.3) is 0 Å². The Morgan fingerprint density at radius 2 is 2.04 bits per heavy atom. The molecule has 1 aliphatic rings. The topological polar surface area (TPSA) is 81.8 Å². The molecule has 6 heteroatoms. The molecule has 3 N–H and O–H groups in total. The van der Waals surface area contributed by atoms with Crippen LogP contribution in [0.5, 0.6) is 5.88 Å². The Kier molecular flexibility index (Phi) is 7.04. The van der Waals surface area contributed by atoms with Crippen LogP contribution in [-0.4, -0.2) is 24.2 Å². The molecule has 0 spiro atoms. The molecule has 3 rings (SSSR count). The first-order chi connectivity index (χ1) is 13.2. The summed E-state index contributed by atoms with van der Waals surface area (Å²) in [4.78, 5) is 8.77. The zero-order chi connectivity index (χ0) is 18.9. The Hall–Kier alpha value is -2.60. The number of methoxy groups -OCH3 is 1. The van der Waals surface area contributed by atoms with E-state index in [9.17, 15) is 0 Å². The molecular weight excluding hydrogens is 340 g/mol. The van der Waals surface area contributed by atoms with E-state index in [1.165, 1.54) is 19.3 Å². The van der Waals surface area contributed by atoms with Gasteiger partial charge in [-0.3, -0.25) is 0 Å². The minimum atomic E-state index is 0.286. The Labute approximate surface area is 160 Å². The first-order valence-electron chi connectivity index (χ1n) is 9.50. The highest BCUT2D eigenvalue weighted by Crippen LogP contribution is 2.22. The van der Waals surface area contributed by atoms with Crippen molar-refractivity contribution < 1.29 is 9.47 Å². The third kappa shape index (κ3) is 5.96. The number of hydrogen-bond donors (Lipinski definition) is 2. The average Bonchev–Trinajstić information content (AvgIpc) is 2.69. The predicted molar refractivity (Wildman–Crippen MR) is 108 cm³/mol. The van der Waals surface area contributed by atoms with Crippen molar-refractivity contribution in [3.63, 3.8) is 0 Å². The van der Waals surface area contributed by atoms with Crippen LogP contribution in [-0.2, 0) is 17.9 Å². The summed E-state index contributed by atoms with van der Waals surface area (Å²) in [6, 6.07) is 11.8. The molecule has 27 heavy (non-hydrogen) atoms. The van der Waals surface area contributed by atoms with Crippen LogP contribution in [0.4, 0.5) is 5.69 Å². The number of nitrogens with zero attached hydrogens (tertiary/aromatic N) is 2. The smallest absolute Gasteiger partial charge is 0.213 e. The summed E-state index contributed by atoms with van der Waals surface area (Å²) in [5, 5.41) is 3.15. The van der Waals surface area contributed by atoms with E-state index in [-0.39, 0.29) is 6.10 Å². The maximum atomic E-state index is 6.06. The molecule has 0 aliphatic heterocycles. The molecule has 1 aromatic heterocycles. The second-order valence-corrected chi connectivity index (χ2v) is 6.80. The van der Waals surface area contributed by atoms with Gasteiger partial charge >= 0.3 is 0 Å². The third-order valence-corrected chi connectivity index (χ3v) is 4.65. The number of pyridine rings is 1. The Morgan fingerprint density at radius 3 is 2.85 bits per heavy atom. The van der Waals surface area contributed by atoms with Crippen LogP contribution in [0.25, 0.3) is 0 Å². The van der Waals surface area contributed by atoms with E-state index < -0.39 is 0 Å². The van der Waals surface area contributed by atoms with Crippen molar-refractivity contribution in [2.24, 2.45) is 10.7 Å². The second-order valence-electron chi connectivity index (χ2n) is 6.80. The van der Waals surface area contributed by atoms with Gasteiger partial charge in [0, 0.05) is 30.6 Å². The zero-order valence-corrected chi connectivity index (χ0v) is 15.9. The lowest BCUT2D eigenvalue weighted by atomic mass is 9.98. The van der Waals surface area contributed by atoms with Crippen molar-refractivity contribution >= 4 is 11.6 Å². The molecule has 0 bridgehead atoms. The number of aliphatic imine (C=N–C) groups is 1. The maximum Gasteiger partial charge on any atom is 0.213 e. The van der Waals surface area contributed by atoms with Crippen molar-refractivity contribution in [1.82, 2.24) is 4.98 Å². The van der Waals surface area contributed by atoms with Crippen molar-refractivity contribution in [2.75, 3.05) is 12.4 Å². The highest BCUT2D eigenvalue weighted by molar-refractivity contribution is 5.92. The van der Waals surface area contributed by atoms with Gasteiger partial charge in [-0.15, -0.1) is 0 Å². The lowest BCUT2D eigenvalue weighted by Crippen LogP contribution is -2.23. The molecule has 1 heterocycles. The molecule has 1 fully saturated rings. The fraction of sp³-hybridized carbons (Fsp3) is 0.429. The monoisotopic (exact) mass is 368 g/mol. The molecule has 144 valence electrons. The number of guanidine groups is 1. The zero-order valence-electron chi connectivity index (χ0n) is 15.9. The molecule has 2 aromatic rings.